The Morgan fingerprint density at radius 3 is 2.48 bits per heavy atom. The van der Waals surface area contributed by atoms with Crippen molar-refractivity contribution in [1.29, 1.82) is 0 Å². The third-order valence-electron chi connectivity index (χ3n) is 3.14. The number of hydrogen-bond acceptors (Lipinski definition) is 4. The van der Waals surface area contributed by atoms with Gasteiger partial charge < -0.3 is 11.1 Å². The molecule has 112 valence electrons. The number of nitrogens with two attached hydrogens (primary N) is 1. The molecule has 0 radical (unpaired) electrons. The van der Waals surface area contributed by atoms with Crippen LogP contribution in [0.4, 0.5) is 21.5 Å². The second-order valence-electron chi connectivity index (χ2n) is 4.49. The summed E-state index contributed by atoms with van der Waals surface area (Å²) < 4.78 is 39.1. The fourth-order valence-corrected chi connectivity index (χ4v) is 2.59. The Hall–Kier alpha value is -2.12. The summed E-state index contributed by atoms with van der Waals surface area (Å²) in [6.07, 6.45) is 0. The van der Waals surface area contributed by atoms with Gasteiger partial charge in [-0.05, 0) is 44.3 Å². The Morgan fingerprint density at radius 2 is 1.86 bits per heavy atom. The number of nitrogen functional groups attached to an aromatic ring is 1. The molecule has 0 amide bonds. The molecule has 4 N–H and O–H groups in total. The van der Waals surface area contributed by atoms with Gasteiger partial charge in [0, 0.05) is 11.3 Å². The van der Waals surface area contributed by atoms with Crippen LogP contribution in [0.3, 0.4) is 0 Å². The van der Waals surface area contributed by atoms with Gasteiger partial charge in [0.1, 0.15) is 5.82 Å². The second kappa shape index (κ2) is 5.71. The van der Waals surface area contributed by atoms with E-state index in [-0.39, 0.29) is 16.4 Å². The van der Waals surface area contributed by atoms with Crippen molar-refractivity contribution in [2.45, 2.75) is 11.8 Å². The van der Waals surface area contributed by atoms with E-state index in [1.165, 1.54) is 25.2 Å². The van der Waals surface area contributed by atoms with Crippen molar-refractivity contribution in [3.05, 3.63) is 47.8 Å². The monoisotopic (exact) mass is 309 g/mol. The highest BCUT2D eigenvalue weighted by atomic mass is 32.2. The van der Waals surface area contributed by atoms with E-state index in [9.17, 15) is 12.8 Å². The lowest BCUT2D eigenvalue weighted by Crippen LogP contribution is -2.18. The molecule has 0 atom stereocenters. The quantitative estimate of drug-likeness (QED) is 0.757. The molecule has 0 spiro atoms. The molecule has 0 aliphatic carbocycles. The van der Waals surface area contributed by atoms with Gasteiger partial charge in [-0.1, -0.05) is 6.07 Å². The van der Waals surface area contributed by atoms with Crippen molar-refractivity contribution in [3.8, 4) is 0 Å². The predicted molar refractivity (Wildman–Crippen MR) is 81.5 cm³/mol. The summed E-state index contributed by atoms with van der Waals surface area (Å²) in [5, 5.41) is 3.00. The molecule has 0 bridgehead atoms. The molecule has 21 heavy (non-hydrogen) atoms. The second-order valence-corrected chi connectivity index (χ2v) is 6.38. The van der Waals surface area contributed by atoms with Gasteiger partial charge >= 0.3 is 0 Å². The average molecular weight is 309 g/mol. The van der Waals surface area contributed by atoms with Crippen LogP contribution in [-0.4, -0.2) is 15.5 Å². The Labute approximate surface area is 123 Å². The van der Waals surface area contributed by atoms with Crippen molar-refractivity contribution in [2.24, 2.45) is 0 Å². The minimum Gasteiger partial charge on any atom is -0.397 e. The molecule has 0 aliphatic rings. The van der Waals surface area contributed by atoms with Gasteiger partial charge in [0.2, 0.25) is 10.0 Å². The molecular formula is C14H16FN3O2S. The molecule has 0 saturated carbocycles. The zero-order chi connectivity index (χ0) is 15.6. The van der Waals surface area contributed by atoms with Crippen molar-refractivity contribution in [2.75, 3.05) is 18.1 Å². The van der Waals surface area contributed by atoms with Crippen LogP contribution < -0.4 is 15.8 Å². The Kier molecular flexibility index (Phi) is 4.15. The van der Waals surface area contributed by atoms with E-state index in [1.807, 2.05) is 0 Å². The summed E-state index contributed by atoms with van der Waals surface area (Å²) in [6.45, 7) is 1.65. The predicted octanol–water partition coefficient (Wildman–Crippen LogP) is 2.37. The van der Waals surface area contributed by atoms with Crippen LogP contribution in [0, 0.1) is 12.7 Å². The van der Waals surface area contributed by atoms with Gasteiger partial charge in [0.05, 0.1) is 16.3 Å². The zero-order valence-corrected chi connectivity index (χ0v) is 12.5. The molecule has 0 fully saturated rings. The highest BCUT2D eigenvalue weighted by Gasteiger charge is 2.13. The van der Waals surface area contributed by atoms with Crippen molar-refractivity contribution in [1.82, 2.24) is 4.72 Å². The van der Waals surface area contributed by atoms with E-state index in [4.69, 9.17) is 5.73 Å². The number of anilines is 3. The molecule has 0 unspecified atom stereocenters. The number of benzene rings is 2. The van der Waals surface area contributed by atoms with Crippen LogP contribution in [0.25, 0.3) is 0 Å². The maximum Gasteiger partial charge on any atom is 0.240 e. The van der Waals surface area contributed by atoms with Crippen molar-refractivity contribution < 1.29 is 12.8 Å². The molecule has 0 aliphatic heterocycles. The number of hydrogen-bond donors (Lipinski definition) is 3. The van der Waals surface area contributed by atoms with Gasteiger partial charge in [0.15, 0.2) is 0 Å². The first-order valence-corrected chi connectivity index (χ1v) is 7.68. The summed E-state index contributed by atoms with van der Waals surface area (Å²) >= 11 is 0. The van der Waals surface area contributed by atoms with E-state index in [0.29, 0.717) is 16.9 Å². The summed E-state index contributed by atoms with van der Waals surface area (Å²) in [4.78, 5) is 0.0732. The van der Waals surface area contributed by atoms with Crippen LogP contribution in [0.5, 0.6) is 0 Å². The number of rotatable bonds is 4. The first-order chi connectivity index (χ1) is 9.85. The van der Waals surface area contributed by atoms with Crippen LogP contribution in [0.1, 0.15) is 5.56 Å². The molecular weight excluding hydrogens is 293 g/mol. The van der Waals surface area contributed by atoms with Crippen molar-refractivity contribution in [3.63, 3.8) is 0 Å². The van der Waals surface area contributed by atoms with Gasteiger partial charge in [-0.15, -0.1) is 0 Å². The van der Waals surface area contributed by atoms with Crippen LogP contribution in [0.15, 0.2) is 41.3 Å². The Balaban J connectivity index is 2.37. The fourth-order valence-electron chi connectivity index (χ4n) is 1.83. The molecule has 0 saturated heterocycles. The molecule has 0 heterocycles. The van der Waals surface area contributed by atoms with E-state index in [2.05, 4.69) is 10.0 Å². The van der Waals surface area contributed by atoms with Gasteiger partial charge in [-0.25, -0.2) is 17.5 Å². The van der Waals surface area contributed by atoms with E-state index in [0.717, 1.165) is 0 Å². The van der Waals surface area contributed by atoms with Gasteiger partial charge in [0.25, 0.3) is 0 Å². The lowest BCUT2D eigenvalue weighted by atomic mass is 10.1. The summed E-state index contributed by atoms with van der Waals surface area (Å²) in [5.74, 6) is -0.326. The van der Waals surface area contributed by atoms with Gasteiger partial charge in [-0.3, -0.25) is 0 Å². The highest BCUT2D eigenvalue weighted by molar-refractivity contribution is 7.89. The number of nitrogens with one attached hydrogen (secondary N) is 2. The van der Waals surface area contributed by atoms with Crippen LogP contribution in [-0.2, 0) is 10.0 Å². The summed E-state index contributed by atoms with van der Waals surface area (Å²) in [7, 11) is -2.22. The van der Waals surface area contributed by atoms with Crippen LogP contribution >= 0.6 is 0 Å². The molecule has 5 nitrogen and oxygen atoms in total. The number of halogens is 1. The molecule has 2 rings (SSSR count). The molecule has 7 heteroatoms. The smallest absolute Gasteiger partial charge is 0.240 e. The lowest BCUT2D eigenvalue weighted by molar-refractivity contribution is 0.588. The third kappa shape index (κ3) is 3.14. The first kappa shape index (κ1) is 15.3. The van der Waals surface area contributed by atoms with E-state index < -0.39 is 10.0 Å². The maximum atomic E-state index is 13.5. The van der Waals surface area contributed by atoms with Gasteiger partial charge in [-0.2, -0.15) is 0 Å². The summed E-state index contributed by atoms with van der Waals surface area (Å²) in [6, 6.07) is 9.00. The van der Waals surface area contributed by atoms with Crippen molar-refractivity contribution >= 4 is 27.1 Å². The Morgan fingerprint density at radius 1 is 1.14 bits per heavy atom. The van der Waals surface area contributed by atoms with Crippen LogP contribution in [0.2, 0.25) is 0 Å². The average Bonchev–Trinajstić information content (AvgIpc) is 2.45. The molecule has 2 aromatic carbocycles. The maximum absolute atomic E-state index is 13.5. The standard InChI is InChI=1S/C14H16FN3O2S/c1-9-11(15)4-3-5-13(9)18-14-7-6-10(8-12(14)16)21(19,20)17-2/h3-8,17-18H,16H2,1-2H3. The lowest BCUT2D eigenvalue weighted by Gasteiger charge is -2.13. The first-order valence-electron chi connectivity index (χ1n) is 6.20. The highest BCUT2D eigenvalue weighted by Crippen LogP contribution is 2.28. The summed E-state index contributed by atoms with van der Waals surface area (Å²) in [5.41, 5.74) is 7.67. The Bertz CT molecular complexity index is 776. The number of sulfonamides is 1. The van der Waals surface area contributed by atoms with E-state index in [1.54, 1.807) is 25.1 Å². The zero-order valence-electron chi connectivity index (χ0n) is 11.6. The normalized spacial score (nSPS) is 11.4. The molecule has 0 aromatic heterocycles. The topological polar surface area (TPSA) is 84.2 Å². The van der Waals surface area contributed by atoms with E-state index >= 15 is 0 Å². The SMILES string of the molecule is CNS(=O)(=O)c1ccc(Nc2cccc(F)c2C)c(N)c1. The molecule has 2 aromatic rings. The minimum atomic E-state index is -3.54. The third-order valence-corrected chi connectivity index (χ3v) is 4.55. The fraction of sp³-hybridized carbons (Fsp3) is 0.143. The minimum absolute atomic E-state index is 0.0732. The largest absolute Gasteiger partial charge is 0.397 e.